The first-order chi connectivity index (χ1) is 7.81. The van der Waals surface area contributed by atoms with Crippen LogP contribution in [0.5, 0.6) is 0 Å². The largest absolute Gasteiger partial charge is 0.393 e. The Kier molecular flexibility index (Phi) is 5.04. The van der Waals surface area contributed by atoms with Crippen molar-refractivity contribution < 1.29 is 0 Å². The van der Waals surface area contributed by atoms with Crippen LogP contribution in [0.4, 0.5) is 0 Å². The summed E-state index contributed by atoms with van der Waals surface area (Å²) >= 11 is 6.76. The number of thiocarbonyl (C=S) groups is 1. The number of nitrogens with zero attached hydrogens (tertiary/aromatic N) is 2. The van der Waals surface area contributed by atoms with Gasteiger partial charge < -0.3 is 10.6 Å². The summed E-state index contributed by atoms with van der Waals surface area (Å²) in [7, 11) is 2.10. The predicted octanol–water partition coefficient (Wildman–Crippen LogP) is 2.59. The molecule has 2 N–H and O–H groups in total. The first-order valence-corrected chi connectivity index (χ1v) is 6.99. The van der Waals surface area contributed by atoms with E-state index in [0.29, 0.717) is 4.99 Å². The molecule has 0 saturated heterocycles. The van der Waals surface area contributed by atoms with Crippen molar-refractivity contribution in [2.45, 2.75) is 33.7 Å². The molecule has 3 nitrogen and oxygen atoms in total. The lowest BCUT2D eigenvalue weighted by Gasteiger charge is -2.26. The molecule has 1 rings (SSSR count). The van der Waals surface area contributed by atoms with Crippen molar-refractivity contribution in [1.82, 2.24) is 9.88 Å². The summed E-state index contributed by atoms with van der Waals surface area (Å²) in [5, 5.41) is 3.24. The van der Waals surface area contributed by atoms with E-state index in [9.17, 15) is 0 Å². The molecule has 1 heterocycles. The maximum absolute atomic E-state index is 5.71. The number of hydrogen-bond acceptors (Lipinski definition) is 4. The van der Waals surface area contributed by atoms with Gasteiger partial charge in [-0.1, -0.05) is 26.1 Å². The normalized spacial score (nSPS) is 12.1. The monoisotopic (exact) mass is 271 g/mol. The van der Waals surface area contributed by atoms with Crippen molar-refractivity contribution in [3.05, 3.63) is 16.1 Å². The SMILES string of the molecule is Cc1nc(CN(C)CCC(C)(C)C(N)=S)cs1. The van der Waals surface area contributed by atoms with Crippen LogP contribution in [0.2, 0.25) is 0 Å². The second-order valence-corrected chi connectivity index (χ2v) is 6.60. The molecule has 1 aromatic heterocycles. The number of hydrogen-bond donors (Lipinski definition) is 1. The van der Waals surface area contributed by atoms with Crippen molar-refractivity contribution in [2.75, 3.05) is 13.6 Å². The Hall–Kier alpha value is -0.520. The van der Waals surface area contributed by atoms with E-state index >= 15 is 0 Å². The highest BCUT2D eigenvalue weighted by Gasteiger charge is 2.21. The van der Waals surface area contributed by atoms with Gasteiger partial charge >= 0.3 is 0 Å². The van der Waals surface area contributed by atoms with Crippen molar-refractivity contribution in [3.8, 4) is 0 Å². The van der Waals surface area contributed by atoms with Gasteiger partial charge in [0.05, 0.1) is 15.7 Å². The Bertz CT molecular complexity index is 385. The zero-order valence-corrected chi connectivity index (χ0v) is 12.6. The highest BCUT2D eigenvalue weighted by molar-refractivity contribution is 7.80. The molecule has 0 aliphatic carbocycles. The van der Waals surface area contributed by atoms with E-state index in [1.54, 1.807) is 11.3 Å². The highest BCUT2D eigenvalue weighted by Crippen LogP contribution is 2.21. The average molecular weight is 271 g/mol. The van der Waals surface area contributed by atoms with E-state index in [4.69, 9.17) is 18.0 Å². The lowest BCUT2D eigenvalue weighted by Crippen LogP contribution is -2.33. The van der Waals surface area contributed by atoms with Gasteiger partial charge in [-0.3, -0.25) is 0 Å². The molecule has 1 aromatic rings. The molecule has 0 atom stereocenters. The van der Waals surface area contributed by atoms with Gasteiger partial charge in [-0.15, -0.1) is 11.3 Å². The lowest BCUT2D eigenvalue weighted by atomic mass is 9.89. The second kappa shape index (κ2) is 5.89. The molecule has 0 unspecified atom stereocenters. The fraction of sp³-hybridized carbons (Fsp3) is 0.667. The third-order valence-corrected chi connectivity index (χ3v) is 4.26. The Morgan fingerprint density at radius 2 is 2.24 bits per heavy atom. The molecule has 0 aromatic carbocycles. The van der Waals surface area contributed by atoms with E-state index in [1.807, 2.05) is 6.92 Å². The summed E-state index contributed by atoms with van der Waals surface area (Å²) in [5.41, 5.74) is 6.79. The summed E-state index contributed by atoms with van der Waals surface area (Å²) < 4.78 is 0. The van der Waals surface area contributed by atoms with Gasteiger partial charge in [0.1, 0.15) is 0 Å². The van der Waals surface area contributed by atoms with Crippen LogP contribution in [0, 0.1) is 12.3 Å². The number of thiazole rings is 1. The molecule has 0 radical (unpaired) electrons. The highest BCUT2D eigenvalue weighted by atomic mass is 32.1. The third-order valence-electron chi connectivity index (χ3n) is 2.88. The maximum Gasteiger partial charge on any atom is 0.0897 e. The average Bonchev–Trinajstić information content (AvgIpc) is 2.61. The van der Waals surface area contributed by atoms with Crippen molar-refractivity contribution >= 4 is 28.5 Å². The summed E-state index contributed by atoms with van der Waals surface area (Å²) in [6.07, 6.45) is 0.974. The van der Waals surface area contributed by atoms with Gasteiger partial charge in [0.2, 0.25) is 0 Å². The lowest BCUT2D eigenvalue weighted by molar-refractivity contribution is 0.283. The molecule has 0 spiro atoms. The fourth-order valence-corrected chi connectivity index (χ4v) is 2.14. The quantitative estimate of drug-likeness (QED) is 0.808. The second-order valence-electron chi connectivity index (χ2n) is 5.09. The van der Waals surface area contributed by atoms with Crippen molar-refractivity contribution in [2.24, 2.45) is 11.1 Å². The van der Waals surface area contributed by atoms with E-state index in [-0.39, 0.29) is 5.41 Å². The number of aryl methyl sites for hydroxylation is 1. The van der Waals surface area contributed by atoms with Crippen LogP contribution in [0.25, 0.3) is 0 Å². The Balaban J connectivity index is 2.40. The smallest absolute Gasteiger partial charge is 0.0897 e. The Morgan fingerprint density at radius 1 is 1.59 bits per heavy atom. The van der Waals surface area contributed by atoms with Gasteiger partial charge in [-0.05, 0) is 26.9 Å². The molecule has 5 heteroatoms. The van der Waals surface area contributed by atoms with E-state index in [2.05, 4.69) is 36.2 Å². The molecule has 96 valence electrons. The number of nitrogens with two attached hydrogens (primary N) is 1. The van der Waals surface area contributed by atoms with E-state index in [1.165, 1.54) is 0 Å². The minimum atomic E-state index is -0.0679. The minimum Gasteiger partial charge on any atom is -0.393 e. The molecular formula is C12H21N3S2. The van der Waals surface area contributed by atoms with Gasteiger partial charge in [0, 0.05) is 17.3 Å². The van der Waals surface area contributed by atoms with E-state index < -0.39 is 0 Å². The van der Waals surface area contributed by atoms with Crippen LogP contribution in [0.3, 0.4) is 0 Å². The summed E-state index contributed by atoms with van der Waals surface area (Å²) in [5.74, 6) is 0. The van der Waals surface area contributed by atoms with Crippen LogP contribution in [-0.2, 0) is 6.54 Å². The summed E-state index contributed by atoms with van der Waals surface area (Å²) in [4.78, 5) is 7.31. The van der Waals surface area contributed by atoms with Crippen LogP contribution in [-0.4, -0.2) is 28.5 Å². The molecule has 0 amide bonds. The summed E-state index contributed by atoms with van der Waals surface area (Å²) in [6.45, 7) is 8.08. The van der Waals surface area contributed by atoms with Crippen molar-refractivity contribution in [3.63, 3.8) is 0 Å². The first kappa shape index (κ1) is 14.5. The Morgan fingerprint density at radius 3 is 2.71 bits per heavy atom. The first-order valence-electron chi connectivity index (χ1n) is 5.71. The zero-order chi connectivity index (χ0) is 13.1. The number of aromatic nitrogens is 1. The van der Waals surface area contributed by atoms with Crippen LogP contribution >= 0.6 is 23.6 Å². The van der Waals surface area contributed by atoms with Crippen LogP contribution < -0.4 is 5.73 Å². The molecule has 0 fully saturated rings. The molecule has 17 heavy (non-hydrogen) atoms. The topological polar surface area (TPSA) is 42.2 Å². The third kappa shape index (κ3) is 4.69. The van der Waals surface area contributed by atoms with Gasteiger partial charge in [-0.2, -0.15) is 0 Å². The molecule has 0 aliphatic rings. The predicted molar refractivity (Wildman–Crippen MR) is 78.4 cm³/mol. The van der Waals surface area contributed by atoms with Crippen LogP contribution in [0.15, 0.2) is 5.38 Å². The maximum atomic E-state index is 5.71. The van der Waals surface area contributed by atoms with Gasteiger partial charge in [0.25, 0.3) is 0 Å². The molecule has 0 aliphatic heterocycles. The standard InChI is InChI=1S/C12H21N3S2/c1-9-14-10(8-17-9)7-15(4)6-5-12(2,3)11(13)16/h8H,5-7H2,1-4H3,(H2,13,16). The molecule has 0 saturated carbocycles. The van der Waals surface area contributed by atoms with Crippen LogP contribution in [0.1, 0.15) is 31.0 Å². The fourth-order valence-electron chi connectivity index (χ4n) is 1.43. The molecular weight excluding hydrogens is 250 g/mol. The van der Waals surface area contributed by atoms with Gasteiger partial charge in [0.15, 0.2) is 0 Å². The number of rotatable bonds is 6. The van der Waals surface area contributed by atoms with Crippen molar-refractivity contribution in [1.29, 1.82) is 0 Å². The zero-order valence-electron chi connectivity index (χ0n) is 11.0. The Labute approximate surface area is 113 Å². The van der Waals surface area contributed by atoms with E-state index in [0.717, 1.165) is 30.2 Å². The summed E-state index contributed by atoms with van der Waals surface area (Å²) in [6, 6.07) is 0. The van der Waals surface area contributed by atoms with Gasteiger partial charge in [-0.25, -0.2) is 4.98 Å². The molecule has 0 bridgehead atoms. The minimum absolute atomic E-state index is 0.0679.